The molecule has 0 fully saturated rings. The minimum Gasteiger partial charge on any atom is -0.394 e. The second kappa shape index (κ2) is 4.37. The summed E-state index contributed by atoms with van der Waals surface area (Å²) in [6, 6.07) is 9.27. The Labute approximate surface area is 71.5 Å². The summed E-state index contributed by atoms with van der Waals surface area (Å²) in [7, 11) is 0. The van der Waals surface area contributed by atoms with E-state index in [1.165, 1.54) is 4.90 Å². The van der Waals surface area contributed by atoms with Gasteiger partial charge in [0.25, 0.3) is 0 Å². The zero-order valence-electron chi connectivity index (χ0n) is 6.64. The maximum absolute atomic E-state index is 8.68. The highest BCUT2D eigenvalue weighted by Gasteiger charge is 2.01. The van der Waals surface area contributed by atoms with Gasteiger partial charge in [0.1, 0.15) is 0 Å². The van der Waals surface area contributed by atoms with Crippen LogP contribution in [0, 0.1) is 11.5 Å². The minimum absolute atomic E-state index is 0.0115. The van der Waals surface area contributed by atoms with E-state index in [0.717, 1.165) is 5.69 Å². The summed E-state index contributed by atoms with van der Waals surface area (Å²) in [5.74, 6) is 0. The van der Waals surface area contributed by atoms with Crippen LogP contribution in [0.3, 0.4) is 0 Å². The maximum atomic E-state index is 8.68. The lowest BCUT2D eigenvalue weighted by Crippen LogP contribution is -2.20. The number of aliphatic hydroxyl groups is 1. The normalized spacial score (nSPS) is 9.00. The average Bonchev–Trinajstić information content (AvgIpc) is 2.15. The van der Waals surface area contributed by atoms with Gasteiger partial charge in [0.2, 0.25) is 0 Å². The van der Waals surface area contributed by atoms with E-state index >= 15 is 0 Å². The monoisotopic (exact) mass is 162 g/mol. The number of rotatable bonds is 3. The van der Waals surface area contributed by atoms with E-state index in [1.807, 2.05) is 36.5 Å². The van der Waals surface area contributed by atoms with Gasteiger partial charge in [-0.1, -0.05) is 18.2 Å². The first-order valence-electron chi connectivity index (χ1n) is 3.71. The molecule has 0 aromatic heterocycles. The van der Waals surface area contributed by atoms with E-state index < -0.39 is 0 Å². The van der Waals surface area contributed by atoms with Crippen molar-refractivity contribution in [3.63, 3.8) is 0 Å². The van der Waals surface area contributed by atoms with E-state index in [4.69, 9.17) is 10.4 Å². The van der Waals surface area contributed by atoms with E-state index in [1.54, 1.807) is 0 Å². The molecule has 0 heterocycles. The standard InChI is InChI=1S/C9H10N2O/c10-8-11(6-7-12)9-4-2-1-3-5-9/h1-5,12H,6-7H2. The first-order chi connectivity index (χ1) is 5.88. The van der Waals surface area contributed by atoms with Crippen LogP contribution in [0.2, 0.25) is 0 Å². The molecule has 3 nitrogen and oxygen atoms in total. The molecule has 1 aromatic carbocycles. The van der Waals surface area contributed by atoms with Crippen LogP contribution in [0.5, 0.6) is 0 Å². The molecule has 1 N–H and O–H groups in total. The lowest BCUT2D eigenvalue weighted by Gasteiger charge is -2.12. The van der Waals surface area contributed by atoms with E-state index in [2.05, 4.69) is 0 Å². The molecule has 0 unspecified atom stereocenters. The topological polar surface area (TPSA) is 47.3 Å². The van der Waals surface area contributed by atoms with Gasteiger partial charge in [-0.25, -0.2) is 0 Å². The Morgan fingerprint density at radius 1 is 1.33 bits per heavy atom. The van der Waals surface area contributed by atoms with Gasteiger partial charge < -0.3 is 5.11 Å². The smallest absolute Gasteiger partial charge is 0.184 e. The number of hydrogen-bond acceptors (Lipinski definition) is 3. The van der Waals surface area contributed by atoms with Crippen LogP contribution in [0.1, 0.15) is 0 Å². The molecule has 0 atom stereocenters. The van der Waals surface area contributed by atoms with Crippen molar-refractivity contribution in [2.45, 2.75) is 0 Å². The second-order valence-corrected chi connectivity index (χ2v) is 2.31. The van der Waals surface area contributed by atoms with Gasteiger partial charge in [-0.3, -0.25) is 4.90 Å². The summed E-state index contributed by atoms with van der Waals surface area (Å²) in [6.07, 6.45) is 1.99. The number of anilines is 1. The lowest BCUT2D eigenvalue weighted by molar-refractivity contribution is 0.306. The Kier molecular flexibility index (Phi) is 3.12. The van der Waals surface area contributed by atoms with Crippen molar-refractivity contribution in [1.82, 2.24) is 0 Å². The van der Waals surface area contributed by atoms with Crippen molar-refractivity contribution in [2.24, 2.45) is 0 Å². The summed E-state index contributed by atoms with van der Waals surface area (Å²) in [5.41, 5.74) is 0.814. The third-order valence-electron chi connectivity index (χ3n) is 1.51. The maximum Gasteiger partial charge on any atom is 0.184 e. The average molecular weight is 162 g/mol. The van der Waals surface area contributed by atoms with Crippen LogP contribution >= 0.6 is 0 Å². The molecule has 0 bridgehead atoms. The Hall–Kier alpha value is -1.53. The predicted octanol–water partition coefficient (Wildman–Crippen LogP) is 0.966. The van der Waals surface area contributed by atoms with Crippen molar-refractivity contribution in [3.05, 3.63) is 30.3 Å². The highest BCUT2D eigenvalue weighted by Crippen LogP contribution is 2.10. The van der Waals surface area contributed by atoms with Crippen LogP contribution in [0.25, 0.3) is 0 Å². The molecular weight excluding hydrogens is 152 g/mol. The largest absolute Gasteiger partial charge is 0.394 e. The number of nitriles is 1. The van der Waals surface area contributed by atoms with Crippen molar-refractivity contribution in [2.75, 3.05) is 18.1 Å². The van der Waals surface area contributed by atoms with Crippen LogP contribution in [-0.2, 0) is 0 Å². The number of hydrogen-bond donors (Lipinski definition) is 1. The lowest BCUT2D eigenvalue weighted by atomic mass is 10.3. The molecular formula is C9H10N2O. The van der Waals surface area contributed by atoms with Crippen molar-refractivity contribution >= 4 is 5.69 Å². The molecule has 0 amide bonds. The summed E-state index contributed by atoms with van der Waals surface area (Å²) in [5, 5.41) is 17.3. The van der Waals surface area contributed by atoms with Gasteiger partial charge in [-0.15, -0.1) is 0 Å². The molecule has 0 spiro atoms. The van der Waals surface area contributed by atoms with Crippen molar-refractivity contribution in [3.8, 4) is 6.19 Å². The van der Waals surface area contributed by atoms with Crippen molar-refractivity contribution in [1.29, 1.82) is 5.26 Å². The summed E-state index contributed by atoms with van der Waals surface area (Å²) >= 11 is 0. The molecule has 1 aromatic rings. The van der Waals surface area contributed by atoms with Gasteiger partial charge >= 0.3 is 0 Å². The van der Waals surface area contributed by atoms with Gasteiger partial charge in [0.15, 0.2) is 6.19 Å². The summed E-state index contributed by atoms with van der Waals surface area (Å²) < 4.78 is 0. The Morgan fingerprint density at radius 2 is 2.00 bits per heavy atom. The first kappa shape index (κ1) is 8.57. The Morgan fingerprint density at radius 3 is 2.50 bits per heavy atom. The third kappa shape index (κ3) is 1.97. The number of benzene rings is 1. The zero-order chi connectivity index (χ0) is 8.81. The fraction of sp³-hybridized carbons (Fsp3) is 0.222. The molecule has 0 saturated heterocycles. The van der Waals surface area contributed by atoms with E-state index in [9.17, 15) is 0 Å². The molecule has 0 aliphatic rings. The summed E-state index contributed by atoms with van der Waals surface area (Å²) in [4.78, 5) is 1.44. The highest BCUT2D eigenvalue weighted by molar-refractivity contribution is 5.49. The number of aliphatic hydroxyl groups excluding tert-OH is 1. The second-order valence-electron chi connectivity index (χ2n) is 2.31. The molecule has 62 valence electrons. The van der Waals surface area contributed by atoms with Gasteiger partial charge in [0.05, 0.1) is 18.8 Å². The zero-order valence-corrected chi connectivity index (χ0v) is 6.64. The van der Waals surface area contributed by atoms with Gasteiger partial charge in [-0.2, -0.15) is 5.26 Å². The Balaban J connectivity index is 2.75. The highest BCUT2D eigenvalue weighted by atomic mass is 16.3. The number of para-hydroxylation sites is 1. The molecule has 1 rings (SSSR count). The SMILES string of the molecule is N#CN(CCO)c1ccccc1. The molecule has 0 saturated carbocycles. The Bertz CT molecular complexity index is 266. The van der Waals surface area contributed by atoms with Crippen LogP contribution in [0.15, 0.2) is 30.3 Å². The van der Waals surface area contributed by atoms with Gasteiger partial charge in [0, 0.05) is 0 Å². The van der Waals surface area contributed by atoms with E-state index in [0.29, 0.717) is 6.54 Å². The molecule has 0 aliphatic heterocycles. The van der Waals surface area contributed by atoms with E-state index in [-0.39, 0.29) is 6.61 Å². The predicted molar refractivity (Wildman–Crippen MR) is 46.5 cm³/mol. The van der Waals surface area contributed by atoms with Gasteiger partial charge in [-0.05, 0) is 12.1 Å². The van der Waals surface area contributed by atoms with Crippen LogP contribution in [-0.4, -0.2) is 18.3 Å². The molecule has 12 heavy (non-hydrogen) atoms. The minimum atomic E-state index is -0.0115. The quantitative estimate of drug-likeness (QED) is 0.532. The number of nitrogens with zero attached hydrogens (tertiary/aromatic N) is 2. The summed E-state index contributed by atoms with van der Waals surface area (Å²) in [6.45, 7) is 0.336. The fourth-order valence-electron chi connectivity index (χ4n) is 0.945. The van der Waals surface area contributed by atoms with Crippen LogP contribution in [0.4, 0.5) is 5.69 Å². The van der Waals surface area contributed by atoms with Crippen LogP contribution < -0.4 is 4.90 Å². The molecule has 0 aliphatic carbocycles. The fourth-order valence-corrected chi connectivity index (χ4v) is 0.945. The molecule has 3 heteroatoms. The third-order valence-corrected chi connectivity index (χ3v) is 1.51. The van der Waals surface area contributed by atoms with Crippen molar-refractivity contribution < 1.29 is 5.11 Å². The molecule has 0 radical (unpaired) electrons. The first-order valence-corrected chi connectivity index (χ1v) is 3.71.